The lowest BCUT2D eigenvalue weighted by molar-refractivity contribution is 0.165. The number of cyclic esters (lactones) is 1. The van der Waals surface area contributed by atoms with Gasteiger partial charge in [-0.15, -0.1) is 0 Å². The molecule has 0 aromatic heterocycles. The van der Waals surface area contributed by atoms with Crippen LogP contribution in [0.25, 0.3) is 0 Å². The number of ether oxygens (including phenoxy) is 1. The van der Waals surface area contributed by atoms with Gasteiger partial charge < -0.3 is 4.74 Å². The lowest BCUT2D eigenvalue weighted by Crippen LogP contribution is -2.42. The molecule has 0 unspecified atom stereocenters. The van der Waals surface area contributed by atoms with Crippen molar-refractivity contribution in [2.24, 2.45) is 10.5 Å². The number of carbonyl (C=O) groups excluding carboxylic acids is 1. The van der Waals surface area contributed by atoms with Crippen LogP contribution in [0.4, 0.5) is 4.79 Å². The first-order valence-electron chi connectivity index (χ1n) is 9.86. The topological polar surface area (TPSA) is 45.1 Å². The van der Waals surface area contributed by atoms with Gasteiger partial charge in [0.15, 0.2) is 0 Å². The molecule has 1 heterocycles. The molecule has 0 radical (unpaired) electrons. The maximum atomic E-state index is 11.9. The highest BCUT2D eigenvalue weighted by Gasteiger charge is 2.48. The average Bonchev–Trinajstić information content (AvgIpc) is 3.03. The van der Waals surface area contributed by atoms with E-state index in [1.54, 1.807) is 4.90 Å². The first-order valence-corrected chi connectivity index (χ1v) is 9.86. The summed E-state index contributed by atoms with van der Waals surface area (Å²) in [6.07, 6.45) is 4.74. The zero-order chi connectivity index (χ0) is 19.6. The SMILES string of the molecule is CC(C)N(/N=C/[C@@]1(C)/C(=C\N2CCOC2=O)C[C@@H]1c1ccccc1)C(C)C. The highest BCUT2D eigenvalue weighted by molar-refractivity contribution is 5.77. The zero-order valence-corrected chi connectivity index (χ0v) is 17.1. The summed E-state index contributed by atoms with van der Waals surface area (Å²) in [4.78, 5) is 13.6. The number of amides is 1. The summed E-state index contributed by atoms with van der Waals surface area (Å²) in [5, 5.41) is 7.00. The van der Waals surface area contributed by atoms with E-state index in [2.05, 4.69) is 70.1 Å². The summed E-state index contributed by atoms with van der Waals surface area (Å²) in [7, 11) is 0. The number of benzene rings is 1. The van der Waals surface area contributed by atoms with Gasteiger partial charge in [-0.05, 0) is 45.3 Å². The number of hydrazone groups is 1. The number of hydrogen-bond acceptors (Lipinski definition) is 4. The zero-order valence-electron chi connectivity index (χ0n) is 17.1. The molecule has 1 aromatic carbocycles. The maximum Gasteiger partial charge on any atom is 0.413 e. The summed E-state index contributed by atoms with van der Waals surface area (Å²) in [6, 6.07) is 11.2. The monoisotopic (exact) mass is 369 g/mol. The minimum atomic E-state index is -0.254. The molecule has 1 aliphatic heterocycles. The third kappa shape index (κ3) is 3.87. The molecule has 0 bridgehead atoms. The van der Waals surface area contributed by atoms with E-state index in [9.17, 15) is 4.79 Å². The van der Waals surface area contributed by atoms with Gasteiger partial charge in [-0.1, -0.05) is 37.3 Å². The van der Waals surface area contributed by atoms with Crippen LogP contribution in [0.15, 0.2) is 47.2 Å². The van der Waals surface area contributed by atoms with E-state index in [1.807, 2.05) is 12.3 Å². The highest BCUT2D eigenvalue weighted by atomic mass is 16.6. The molecule has 0 N–H and O–H groups in total. The average molecular weight is 370 g/mol. The molecule has 1 saturated carbocycles. The Balaban J connectivity index is 1.91. The van der Waals surface area contributed by atoms with Crippen LogP contribution in [0.5, 0.6) is 0 Å². The molecule has 2 aliphatic rings. The minimum Gasteiger partial charge on any atom is -0.447 e. The summed E-state index contributed by atoms with van der Waals surface area (Å²) >= 11 is 0. The standard InChI is InChI=1S/C22H31N3O2/c1-16(2)25(17(3)4)23-15-22(5)19(14-24-11-12-27-21(24)26)13-20(22)18-9-7-6-8-10-18/h6-10,14-17,20H,11-13H2,1-5H3/b19-14-,23-15+/t20-,22+/m1/s1. The molecule has 2 fully saturated rings. The second-order valence-electron chi connectivity index (χ2n) is 8.22. The van der Waals surface area contributed by atoms with Crippen LogP contribution in [0.2, 0.25) is 0 Å². The fourth-order valence-corrected chi connectivity index (χ4v) is 4.02. The van der Waals surface area contributed by atoms with E-state index in [4.69, 9.17) is 9.84 Å². The van der Waals surface area contributed by atoms with Gasteiger partial charge in [0.25, 0.3) is 0 Å². The van der Waals surface area contributed by atoms with Crippen molar-refractivity contribution in [2.75, 3.05) is 13.2 Å². The third-order valence-corrected chi connectivity index (χ3v) is 5.66. The predicted molar refractivity (Wildman–Crippen MR) is 109 cm³/mol. The Kier molecular flexibility index (Phi) is 5.59. The lowest BCUT2D eigenvalue weighted by Gasteiger charge is -2.48. The fraction of sp³-hybridized carbons (Fsp3) is 0.545. The Bertz CT molecular complexity index is 718. The van der Waals surface area contributed by atoms with E-state index < -0.39 is 0 Å². The summed E-state index contributed by atoms with van der Waals surface area (Å²) in [6.45, 7) is 11.9. The van der Waals surface area contributed by atoms with Gasteiger partial charge in [0.05, 0.1) is 6.54 Å². The summed E-state index contributed by atoms with van der Waals surface area (Å²) < 4.78 is 5.08. The minimum absolute atomic E-state index is 0.216. The van der Waals surface area contributed by atoms with E-state index >= 15 is 0 Å². The maximum absolute atomic E-state index is 11.9. The van der Waals surface area contributed by atoms with Crippen LogP contribution >= 0.6 is 0 Å². The number of hydrogen-bond donors (Lipinski definition) is 0. The van der Waals surface area contributed by atoms with Crippen molar-refractivity contribution >= 4 is 12.3 Å². The fourth-order valence-electron chi connectivity index (χ4n) is 4.02. The largest absolute Gasteiger partial charge is 0.447 e. The molecule has 1 amide bonds. The van der Waals surface area contributed by atoms with E-state index in [0.29, 0.717) is 31.2 Å². The molecule has 27 heavy (non-hydrogen) atoms. The van der Waals surface area contributed by atoms with Crippen molar-refractivity contribution in [1.82, 2.24) is 9.91 Å². The van der Waals surface area contributed by atoms with Gasteiger partial charge in [0, 0.05) is 35.8 Å². The molecule has 146 valence electrons. The van der Waals surface area contributed by atoms with Crippen molar-refractivity contribution in [1.29, 1.82) is 0 Å². The van der Waals surface area contributed by atoms with Gasteiger partial charge in [0.2, 0.25) is 0 Å². The van der Waals surface area contributed by atoms with Gasteiger partial charge >= 0.3 is 6.09 Å². The molecular weight excluding hydrogens is 338 g/mol. The van der Waals surface area contributed by atoms with Gasteiger partial charge in [0.1, 0.15) is 6.61 Å². The van der Waals surface area contributed by atoms with Crippen molar-refractivity contribution < 1.29 is 9.53 Å². The molecule has 1 aliphatic carbocycles. The van der Waals surface area contributed by atoms with Crippen LogP contribution in [-0.4, -0.2) is 47.5 Å². The summed E-state index contributed by atoms with van der Waals surface area (Å²) in [5.74, 6) is 0.355. The highest BCUT2D eigenvalue weighted by Crippen LogP contribution is 2.56. The van der Waals surface area contributed by atoms with E-state index in [0.717, 1.165) is 6.42 Å². The van der Waals surface area contributed by atoms with Crippen molar-refractivity contribution in [2.45, 2.75) is 59.0 Å². The lowest BCUT2D eigenvalue weighted by atomic mass is 9.56. The Morgan fingerprint density at radius 1 is 1.22 bits per heavy atom. The van der Waals surface area contributed by atoms with Crippen LogP contribution < -0.4 is 0 Å². The predicted octanol–water partition coefficient (Wildman–Crippen LogP) is 4.62. The molecule has 5 nitrogen and oxygen atoms in total. The molecule has 0 spiro atoms. The molecule has 2 atom stereocenters. The quantitative estimate of drug-likeness (QED) is 0.543. The smallest absolute Gasteiger partial charge is 0.413 e. The second kappa shape index (κ2) is 7.75. The Morgan fingerprint density at radius 2 is 1.89 bits per heavy atom. The van der Waals surface area contributed by atoms with Crippen LogP contribution in [0, 0.1) is 5.41 Å². The van der Waals surface area contributed by atoms with Crippen molar-refractivity contribution in [3.63, 3.8) is 0 Å². The first-order chi connectivity index (χ1) is 12.8. The second-order valence-corrected chi connectivity index (χ2v) is 8.22. The van der Waals surface area contributed by atoms with Crippen LogP contribution in [0.1, 0.15) is 52.5 Å². The number of carbonyl (C=O) groups is 1. The van der Waals surface area contributed by atoms with Crippen molar-refractivity contribution in [3.05, 3.63) is 47.7 Å². The molecule has 1 aromatic rings. The number of rotatable bonds is 6. The van der Waals surface area contributed by atoms with Gasteiger partial charge in [-0.25, -0.2) is 4.79 Å². The number of allylic oxidation sites excluding steroid dienone is 1. The summed E-state index contributed by atoms with van der Waals surface area (Å²) in [5.41, 5.74) is 2.33. The Labute approximate surface area is 162 Å². The third-order valence-electron chi connectivity index (χ3n) is 5.66. The van der Waals surface area contributed by atoms with Crippen LogP contribution in [-0.2, 0) is 4.74 Å². The van der Waals surface area contributed by atoms with Gasteiger partial charge in [-0.3, -0.25) is 9.91 Å². The van der Waals surface area contributed by atoms with Crippen molar-refractivity contribution in [3.8, 4) is 0 Å². The molecular formula is C22H31N3O2. The Hall–Kier alpha value is -2.30. The Morgan fingerprint density at radius 3 is 2.44 bits per heavy atom. The molecule has 5 heteroatoms. The van der Waals surface area contributed by atoms with Crippen LogP contribution in [0.3, 0.4) is 0 Å². The number of nitrogens with zero attached hydrogens (tertiary/aromatic N) is 3. The van der Waals surface area contributed by atoms with E-state index in [-0.39, 0.29) is 11.5 Å². The first kappa shape index (κ1) is 19.5. The van der Waals surface area contributed by atoms with Gasteiger partial charge in [-0.2, -0.15) is 5.10 Å². The normalized spacial score (nSPS) is 26.9. The van der Waals surface area contributed by atoms with E-state index in [1.165, 1.54) is 11.1 Å². The molecule has 1 saturated heterocycles. The molecule has 3 rings (SSSR count).